The van der Waals surface area contributed by atoms with Crippen LogP contribution in [0.1, 0.15) is 24.5 Å². The van der Waals surface area contributed by atoms with Gasteiger partial charge >= 0.3 is 4.87 Å². The van der Waals surface area contributed by atoms with Gasteiger partial charge in [-0.25, -0.2) is 8.42 Å². The Balaban J connectivity index is 2.25. The van der Waals surface area contributed by atoms with Crippen LogP contribution in [0.25, 0.3) is 0 Å². The topological polar surface area (TPSA) is 101 Å². The molecule has 21 heavy (non-hydrogen) atoms. The quantitative estimate of drug-likeness (QED) is 0.795. The van der Waals surface area contributed by atoms with Crippen LogP contribution in [0.2, 0.25) is 0 Å². The average Bonchev–Trinajstić information content (AvgIpc) is 3.06. The maximum atomic E-state index is 12.2. The molecule has 0 aliphatic heterocycles. The number of aromatic amines is 1. The van der Waals surface area contributed by atoms with Gasteiger partial charge in [0.1, 0.15) is 17.6 Å². The number of aryl methyl sites for hydroxylation is 1. The van der Waals surface area contributed by atoms with Crippen molar-refractivity contribution in [1.82, 2.24) is 9.71 Å². The molecule has 2 rings (SSSR count). The van der Waals surface area contributed by atoms with Crippen LogP contribution < -0.4 is 9.60 Å². The number of furan rings is 1. The molecule has 0 bridgehead atoms. The second-order valence-electron chi connectivity index (χ2n) is 4.28. The van der Waals surface area contributed by atoms with E-state index >= 15 is 0 Å². The maximum Gasteiger partial charge on any atom is 0.305 e. The monoisotopic (exact) mass is 332 g/mol. The Morgan fingerprint density at radius 1 is 1.48 bits per heavy atom. The van der Waals surface area contributed by atoms with E-state index in [-0.39, 0.29) is 10.8 Å². The van der Waals surface area contributed by atoms with E-state index in [1.807, 2.05) is 6.92 Å². The van der Waals surface area contributed by atoms with Gasteiger partial charge < -0.3 is 14.1 Å². The molecule has 2 N–H and O–H groups in total. The zero-order chi connectivity index (χ0) is 15.5. The molecule has 0 radical (unpaired) electrons. The summed E-state index contributed by atoms with van der Waals surface area (Å²) in [6.07, 6.45) is 1.88. The highest BCUT2D eigenvalue weighted by Crippen LogP contribution is 2.21. The van der Waals surface area contributed by atoms with Gasteiger partial charge in [-0.15, -0.1) is 0 Å². The number of aromatic nitrogens is 1. The fourth-order valence-corrected chi connectivity index (χ4v) is 3.88. The molecule has 9 heteroatoms. The summed E-state index contributed by atoms with van der Waals surface area (Å²) >= 11 is 0.627. The standard InChI is InChI=1S/C12H16N2O5S2/c1-3-8-4-5-10(19-8)9(7-18-2)14-21(16,17)11-6-13-12(15)20-11/h4-6,9,14H,3,7H2,1-2H3,(H,13,15). The van der Waals surface area contributed by atoms with Crippen LogP contribution in [-0.4, -0.2) is 27.1 Å². The zero-order valence-electron chi connectivity index (χ0n) is 11.6. The maximum absolute atomic E-state index is 12.2. The highest BCUT2D eigenvalue weighted by atomic mass is 32.2. The molecule has 0 aromatic carbocycles. The van der Waals surface area contributed by atoms with Crippen molar-refractivity contribution in [3.63, 3.8) is 0 Å². The van der Waals surface area contributed by atoms with E-state index < -0.39 is 20.9 Å². The fraction of sp³-hybridized carbons (Fsp3) is 0.417. The first kappa shape index (κ1) is 16.0. The van der Waals surface area contributed by atoms with Gasteiger partial charge in [0.05, 0.1) is 6.61 Å². The zero-order valence-corrected chi connectivity index (χ0v) is 13.2. The van der Waals surface area contributed by atoms with E-state index in [1.165, 1.54) is 13.3 Å². The van der Waals surface area contributed by atoms with Crippen molar-refractivity contribution in [2.45, 2.75) is 23.6 Å². The number of methoxy groups -OCH3 is 1. The second-order valence-corrected chi connectivity index (χ2v) is 7.24. The van der Waals surface area contributed by atoms with Crippen molar-refractivity contribution in [1.29, 1.82) is 0 Å². The number of thiazole rings is 1. The third-order valence-corrected chi connectivity index (χ3v) is 5.54. The Morgan fingerprint density at radius 3 is 2.76 bits per heavy atom. The molecular formula is C12H16N2O5S2. The van der Waals surface area contributed by atoms with E-state index in [0.29, 0.717) is 23.5 Å². The van der Waals surface area contributed by atoms with Crippen LogP contribution in [0.4, 0.5) is 0 Å². The van der Waals surface area contributed by atoms with Crippen molar-refractivity contribution in [2.24, 2.45) is 0 Å². The minimum atomic E-state index is -3.81. The number of rotatable bonds is 7. The number of sulfonamides is 1. The number of ether oxygens (including phenoxy) is 1. The molecule has 0 saturated heterocycles. The van der Waals surface area contributed by atoms with Crippen molar-refractivity contribution >= 4 is 21.4 Å². The highest BCUT2D eigenvalue weighted by molar-refractivity contribution is 7.91. The summed E-state index contributed by atoms with van der Waals surface area (Å²) in [6.45, 7) is 2.06. The van der Waals surface area contributed by atoms with E-state index in [2.05, 4.69) is 9.71 Å². The van der Waals surface area contributed by atoms with Crippen molar-refractivity contribution in [3.8, 4) is 0 Å². The molecule has 1 atom stereocenters. The summed E-state index contributed by atoms with van der Waals surface area (Å²) in [7, 11) is -2.34. The van der Waals surface area contributed by atoms with Crippen LogP contribution >= 0.6 is 11.3 Å². The van der Waals surface area contributed by atoms with Gasteiger partial charge in [0.2, 0.25) is 0 Å². The van der Waals surface area contributed by atoms with Crippen LogP contribution in [-0.2, 0) is 21.2 Å². The molecule has 2 heterocycles. The van der Waals surface area contributed by atoms with Crippen LogP contribution in [0.3, 0.4) is 0 Å². The summed E-state index contributed by atoms with van der Waals surface area (Å²) in [5, 5.41) is 0. The lowest BCUT2D eigenvalue weighted by atomic mass is 10.2. The number of nitrogens with one attached hydrogen (secondary N) is 2. The SMILES string of the molecule is CCc1ccc(C(COC)NS(=O)(=O)c2c[nH]c(=O)s2)o1. The lowest BCUT2D eigenvalue weighted by molar-refractivity contribution is 0.166. The number of hydrogen-bond donors (Lipinski definition) is 2. The third kappa shape index (κ3) is 3.82. The lowest BCUT2D eigenvalue weighted by Gasteiger charge is -2.15. The van der Waals surface area contributed by atoms with Gasteiger partial charge in [-0.1, -0.05) is 18.3 Å². The van der Waals surface area contributed by atoms with Gasteiger partial charge in [-0.05, 0) is 12.1 Å². The van der Waals surface area contributed by atoms with Crippen molar-refractivity contribution < 1.29 is 17.6 Å². The third-order valence-electron chi connectivity index (χ3n) is 2.77. The van der Waals surface area contributed by atoms with Crippen molar-refractivity contribution in [3.05, 3.63) is 39.5 Å². The summed E-state index contributed by atoms with van der Waals surface area (Å²) < 4.78 is 37.5. The smallest absolute Gasteiger partial charge is 0.305 e. The first-order valence-electron chi connectivity index (χ1n) is 6.24. The van der Waals surface area contributed by atoms with Gasteiger partial charge in [0, 0.05) is 19.7 Å². The van der Waals surface area contributed by atoms with Crippen molar-refractivity contribution in [2.75, 3.05) is 13.7 Å². The van der Waals surface area contributed by atoms with Gasteiger partial charge in [-0.2, -0.15) is 4.72 Å². The Labute approximate surface area is 126 Å². The molecule has 7 nitrogen and oxygen atoms in total. The molecular weight excluding hydrogens is 316 g/mol. The number of H-pyrrole nitrogens is 1. The minimum absolute atomic E-state index is 0.0733. The summed E-state index contributed by atoms with van der Waals surface area (Å²) in [5.41, 5.74) is 0. The van der Waals surface area contributed by atoms with E-state index in [9.17, 15) is 13.2 Å². The number of hydrogen-bond acceptors (Lipinski definition) is 6. The van der Waals surface area contributed by atoms with Gasteiger partial charge in [0.25, 0.3) is 10.0 Å². The van der Waals surface area contributed by atoms with Gasteiger partial charge in [-0.3, -0.25) is 4.79 Å². The van der Waals surface area contributed by atoms with Crippen LogP contribution in [0.5, 0.6) is 0 Å². The van der Waals surface area contributed by atoms with Crippen LogP contribution in [0.15, 0.2) is 31.8 Å². The predicted molar refractivity (Wildman–Crippen MR) is 78.0 cm³/mol. The molecule has 0 amide bonds. The second kappa shape index (κ2) is 6.56. The molecule has 116 valence electrons. The summed E-state index contributed by atoms with van der Waals surface area (Å²) in [5.74, 6) is 1.23. The highest BCUT2D eigenvalue weighted by Gasteiger charge is 2.25. The lowest BCUT2D eigenvalue weighted by Crippen LogP contribution is -2.30. The first-order valence-corrected chi connectivity index (χ1v) is 8.54. The minimum Gasteiger partial charge on any atom is -0.464 e. The van der Waals surface area contributed by atoms with E-state index in [1.54, 1.807) is 12.1 Å². The summed E-state index contributed by atoms with van der Waals surface area (Å²) in [6, 6.07) is 2.85. The Kier molecular flexibility index (Phi) is 4.99. The Bertz CT molecular complexity index is 744. The Hall–Kier alpha value is -1.42. The van der Waals surface area contributed by atoms with Gasteiger partial charge in [0.15, 0.2) is 4.21 Å². The summed E-state index contributed by atoms with van der Waals surface area (Å²) in [4.78, 5) is 13.0. The first-order chi connectivity index (χ1) is 9.96. The normalized spacial score (nSPS) is 13.4. The molecule has 0 fully saturated rings. The molecule has 0 aliphatic rings. The Morgan fingerprint density at radius 2 is 2.24 bits per heavy atom. The molecule has 0 spiro atoms. The fourth-order valence-electron chi connectivity index (χ4n) is 1.76. The van der Waals surface area contributed by atoms with E-state index in [0.717, 1.165) is 5.76 Å². The molecule has 0 aliphatic carbocycles. The molecule has 0 saturated carbocycles. The predicted octanol–water partition coefficient (Wildman–Crippen LogP) is 1.26. The molecule has 1 unspecified atom stereocenters. The van der Waals surface area contributed by atoms with Crippen LogP contribution in [0, 0.1) is 0 Å². The molecule has 2 aromatic rings. The largest absolute Gasteiger partial charge is 0.464 e. The van der Waals surface area contributed by atoms with E-state index in [4.69, 9.17) is 9.15 Å². The molecule has 2 aromatic heterocycles. The average molecular weight is 332 g/mol.